The Kier molecular flexibility index (Phi) is 9.10. The highest BCUT2D eigenvalue weighted by molar-refractivity contribution is 7.92. The van der Waals surface area contributed by atoms with Crippen molar-refractivity contribution < 1.29 is 18.0 Å². The number of aryl methyl sites for hydroxylation is 2. The van der Waals surface area contributed by atoms with Crippen LogP contribution in [0.4, 0.5) is 5.69 Å². The molecule has 3 rings (SSSR count). The van der Waals surface area contributed by atoms with Crippen LogP contribution >= 0.6 is 0 Å². The minimum Gasteiger partial charge on any atom is -0.352 e. The second-order valence-electron chi connectivity index (χ2n) is 9.51. The Bertz CT molecular complexity index is 1310. The Morgan fingerprint density at radius 2 is 1.35 bits per heavy atom. The van der Waals surface area contributed by atoms with Gasteiger partial charge in [0.1, 0.15) is 12.6 Å². The van der Waals surface area contributed by atoms with Crippen LogP contribution in [0.25, 0.3) is 0 Å². The maximum atomic E-state index is 13.8. The number of anilines is 1. The highest BCUT2D eigenvalue weighted by atomic mass is 32.2. The minimum atomic E-state index is -4.06. The van der Waals surface area contributed by atoms with Crippen LogP contribution in [0.2, 0.25) is 0 Å². The van der Waals surface area contributed by atoms with Gasteiger partial charge < -0.3 is 10.2 Å². The van der Waals surface area contributed by atoms with Gasteiger partial charge in [0.05, 0.1) is 10.6 Å². The molecule has 0 aliphatic carbocycles. The van der Waals surface area contributed by atoms with Gasteiger partial charge in [-0.1, -0.05) is 65.7 Å². The number of nitrogens with zero attached hydrogens (tertiary/aromatic N) is 2. The third-order valence-corrected chi connectivity index (χ3v) is 7.79. The first-order chi connectivity index (χ1) is 17.5. The summed E-state index contributed by atoms with van der Waals surface area (Å²) in [6.45, 7) is 8.85. The second kappa shape index (κ2) is 12.1. The molecule has 1 atom stereocenters. The number of carbonyl (C=O) groups excluding carboxylic acids is 2. The van der Waals surface area contributed by atoms with E-state index in [2.05, 4.69) is 5.32 Å². The number of benzene rings is 3. The number of hydrogen-bond acceptors (Lipinski definition) is 4. The number of nitrogens with one attached hydrogen (secondary N) is 1. The van der Waals surface area contributed by atoms with Crippen molar-refractivity contribution >= 4 is 27.5 Å². The van der Waals surface area contributed by atoms with E-state index < -0.39 is 28.5 Å². The van der Waals surface area contributed by atoms with Crippen molar-refractivity contribution in [3.63, 3.8) is 0 Å². The van der Waals surface area contributed by atoms with Crippen molar-refractivity contribution in [2.75, 3.05) is 10.8 Å². The number of amides is 2. The van der Waals surface area contributed by atoms with Gasteiger partial charge in [0.25, 0.3) is 10.0 Å². The lowest BCUT2D eigenvalue weighted by Gasteiger charge is -2.32. The third-order valence-electron chi connectivity index (χ3n) is 6.00. The summed E-state index contributed by atoms with van der Waals surface area (Å²) in [4.78, 5) is 28.2. The van der Waals surface area contributed by atoms with Gasteiger partial charge in [-0.3, -0.25) is 13.9 Å². The Labute approximate surface area is 220 Å². The molecule has 3 aromatic carbocycles. The summed E-state index contributed by atoms with van der Waals surface area (Å²) >= 11 is 0. The highest BCUT2D eigenvalue weighted by Crippen LogP contribution is 2.25. The fourth-order valence-electron chi connectivity index (χ4n) is 3.85. The molecule has 1 N–H and O–H groups in total. The van der Waals surface area contributed by atoms with Gasteiger partial charge in [0.2, 0.25) is 11.8 Å². The summed E-state index contributed by atoms with van der Waals surface area (Å²) in [7, 11) is -4.06. The Morgan fingerprint density at radius 3 is 1.89 bits per heavy atom. The third kappa shape index (κ3) is 7.20. The van der Waals surface area contributed by atoms with Crippen LogP contribution in [0.1, 0.15) is 37.5 Å². The smallest absolute Gasteiger partial charge is 0.264 e. The van der Waals surface area contributed by atoms with E-state index in [0.29, 0.717) is 5.69 Å². The predicted molar refractivity (Wildman–Crippen MR) is 147 cm³/mol. The molecule has 3 aromatic rings. The van der Waals surface area contributed by atoms with Crippen LogP contribution in [0.3, 0.4) is 0 Å². The van der Waals surface area contributed by atoms with E-state index >= 15 is 0 Å². The predicted octanol–water partition coefficient (Wildman–Crippen LogP) is 4.44. The van der Waals surface area contributed by atoms with Crippen LogP contribution in [0.15, 0.2) is 83.8 Å². The van der Waals surface area contributed by atoms with Gasteiger partial charge in [-0.2, -0.15) is 0 Å². The monoisotopic (exact) mass is 521 g/mol. The lowest BCUT2D eigenvalue weighted by atomic mass is 10.1. The molecule has 0 unspecified atom stereocenters. The van der Waals surface area contributed by atoms with E-state index in [1.807, 2.05) is 58.0 Å². The van der Waals surface area contributed by atoms with Crippen LogP contribution in [0.5, 0.6) is 0 Å². The molecule has 0 saturated carbocycles. The molecule has 0 aromatic heterocycles. The fourth-order valence-corrected chi connectivity index (χ4v) is 5.26. The quantitative estimate of drug-likeness (QED) is 0.427. The standard InChI is InChI=1S/C29H35N3O4S/c1-21(2)30-29(34)24(5)31(19-25-9-7-6-8-10-25)28(33)20-32(26-15-11-22(3)12-16-26)37(35,36)27-17-13-23(4)14-18-27/h6-18,21,24H,19-20H2,1-5H3,(H,30,34)/t24-/m1/s1. The normalized spacial score (nSPS) is 12.2. The van der Waals surface area contributed by atoms with Crippen molar-refractivity contribution in [1.82, 2.24) is 10.2 Å². The molecule has 37 heavy (non-hydrogen) atoms. The molecule has 0 spiro atoms. The van der Waals surface area contributed by atoms with Crippen molar-refractivity contribution in [3.05, 3.63) is 95.6 Å². The Morgan fingerprint density at radius 1 is 0.811 bits per heavy atom. The first kappa shape index (κ1) is 27.9. The maximum Gasteiger partial charge on any atom is 0.264 e. The molecule has 196 valence electrons. The molecule has 0 saturated heterocycles. The molecule has 0 aliphatic heterocycles. The number of carbonyl (C=O) groups is 2. The summed E-state index contributed by atoms with van der Waals surface area (Å²) in [5.41, 5.74) is 3.10. The van der Waals surface area contributed by atoms with E-state index in [1.165, 1.54) is 17.0 Å². The van der Waals surface area contributed by atoms with Crippen LogP contribution < -0.4 is 9.62 Å². The number of sulfonamides is 1. The van der Waals surface area contributed by atoms with E-state index in [0.717, 1.165) is 21.0 Å². The lowest BCUT2D eigenvalue weighted by Crippen LogP contribution is -2.52. The average molecular weight is 522 g/mol. The van der Waals surface area contributed by atoms with Gasteiger partial charge in [-0.25, -0.2) is 8.42 Å². The first-order valence-corrected chi connectivity index (χ1v) is 13.7. The largest absolute Gasteiger partial charge is 0.352 e. The molecular weight excluding hydrogens is 486 g/mol. The Hall–Kier alpha value is -3.65. The lowest BCUT2D eigenvalue weighted by molar-refractivity contribution is -0.139. The molecule has 0 aliphatic rings. The van der Waals surface area contributed by atoms with Gasteiger partial charge >= 0.3 is 0 Å². The summed E-state index contributed by atoms with van der Waals surface area (Å²) in [6.07, 6.45) is 0. The zero-order valence-corrected chi connectivity index (χ0v) is 22.8. The van der Waals surface area contributed by atoms with Crippen LogP contribution in [0, 0.1) is 13.8 Å². The highest BCUT2D eigenvalue weighted by Gasteiger charge is 2.32. The topological polar surface area (TPSA) is 86.8 Å². The molecule has 7 nitrogen and oxygen atoms in total. The van der Waals surface area contributed by atoms with Gasteiger partial charge in [-0.05, 0) is 64.4 Å². The van der Waals surface area contributed by atoms with Crippen molar-refractivity contribution in [3.8, 4) is 0 Å². The zero-order valence-electron chi connectivity index (χ0n) is 22.0. The maximum absolute atomic E-state index is 13.8. The van der Waals surface area contributed by atoms with Gasteiger partial charge in [0.15, 0.2) is 0 Å². The minimum absolute atomic E-state index is 0.0895. The van der Waals surface area contributed by atoms with E-state index in [9.17, 15) is 18.0 Å². The SMILES string of the molecule is Cc1ccc(N(CC(=O)N(Cc2ccccc2)[C@H](C)C(=O)NC(C)C)S(=O)(=O)c2ccc(C)cc2)cc1. The molecule has 0 bridgehead atoms. The molecule has 2 amide bonds. The molecule has 0 heterocycles. The average Bonchev–Trinajstić information content (AvgIpc) is 2.86. The second-order valence-corrected chi connectivity index (χ2v) is 11.4. The molecular formula is C29H35N3O4S. The summed E-state index contributed by atoms with van der Waals surface area (Å²) in [6, 6.07) is 21.9. The van der Waals surface area contributed by atoms with Crippen molar-refractivity contribution in [2.24, 2.45) is 0 Å². The number of hydrogen-bond donors (Lipinski definition) is 1. The first-order valence-electron chi connectivity index (χ1n) is 12.3. The molecule has 8 heteroatoms. The zero-order chi connectivity index (χ0) is 27.2. The Balaban J connectivity index is 2.01. The van der Waals surface area contributed by atoms with E-state index in [1.54, 1.807) is 43.3 Å². The molecule has 0 fully saturated rings. The molecule has 0 radical (unpaired) electrons. The number of rotatable bonds is 10. The van der Waals surface area contributed by atoms with Crippen LogP contribution in [-0.2, 0) is 26.2 Å². The van der Waals surface area contributed by atoms with Crippen LogP contribution in [-0.4, -0.2) is 43.8 Å². The summed E-state index contributed by atoms with van der Waals surface area (Å²) < 4.78 is 28.7. The van der Waals surface area contributed by atoms with E-state index in [4.69, 9.17) is 0 Å². The summed E-state index contributed by atoms with van der Waals surface area (Å²) in [5, 5.41) is 2.85. The van der Waals surface area contributed by atoms with Gasteiger partial charge in [0, 0.05) is 12.6 Å². The fraction of sp³-hybridized carbons (Fsp3) is 0.310. The summed E-state index contributed by atoms with van der Waals surface area (Å²) in [5.74, 6) is -0.783. The van der Waals surface area contributed by atoms with Crippen molar-refractivity contribution in [1.29, 1.82) is 0 Å². The van der Waals surface area contributed by atoms with Gasteiger partial charge in [-0.15, -0.1) is 0 Å². The van der Waals surface area contributed by atoms with E-state index in [-0.39, 0.29) is 23.4 Å². The van der Waals surface area contributed by atoms with Crippen molar-refractivity contribution in [2.45, 2.75) is 58.1 Å².